The van der Waals surface area contributed by atoms with Gasteiger partial charge in [-0.05, 0) is 92.5 Å². The van der Waals surface area contributed by atoms with Crippen molar-refractivity contribution in [2.75, 3.05) is 23.8 Å². The van der Waals surface area contributed by atoms with Gasteiger partial charge in [-0.15, -0.1) is 0 Å². The van der Waals surface area contributed by atoms with Gasteiger partial charge in [-0.2, -0.15) is 0 Å². The Morgan fingerprint density at radius 2 is 1.00 bits per heavy atom. The molecule has 2 amide bonds. The molecule has 6 nitrogen and oxygen atoms in total. The summed E-state index contributed by atoms with van der Waals surface area (Å²) in [7, 11) is 0. The SMILES string of the molecule is O=C(COc1ccc(Br)cc1Br)Nc1ccc(NC(=O)COc2ccc(Br)cc2Br)cc1. The summed E-state index contributed by atoms with van der Waals surface area (Å²) < 4.78 is 14.3. The molecular weight excluding hydrogens is 676 g/mol. The lowest BCUT2D eigenvalue weighted by molar-refractivity contribution is -0.118. The first-order valence-electron chi connectivity index (χ1n) is 9.15. The highest BCUT2D eigenvalue weighted by atomic mass is 79.9. The summed E-state index contributed by atoms with van der Waals surface area (Å²) in [4.78, 5) is 24.3. The Kier molecular flexibility index (Phi) is 9.15. The molecule has 10 heteroatoms. The van der Waals surface area contributed by atoms with Crippen LogP contribution in [0.1, 0.15) is 0 Å². The van der Waals surface area contributed by atoms with Crippen molar-refractivity contribution in [3.8, 4) is 11.5 Å². The first-order chi connectivity index (χ1) is 15.3. The van der Waals surface area contributed by atoms with Gasteiger partial charge in [-0.3, -0.25) is 9.59 Å². The van der Waals surface area contributed by atoms with Crippen molar-refractivity contribution >= 4 is 86.9 Å². The van der Waals surface area contributed by atoms with Crippen molar-refractivity contribution in [1.82, 2.24) is 0 Å². The Bertz CT molecular complexity index is 1030. The lowest BCUT2D eigenvalue weighted by Crippen LogP contribution is -2.21. The van der Waals surface area contributed by atoms with E-state index in [9.17, 15) is 9.59 Å². The second-order valence-electron chi connectivity index (χ2n) is 6.40. The topological polar surface area (TPSA) is 76.7 Å². The van der Waals surface area contributed by atoms with Crippen LogP contribution in [-0.4, -0.2) is 25.0 Å². The Morgan fingerprint density at radius 1 is 0.625 bits per heavy atom. The molecule has 0 unspecified atom stereocenters. The van der Waals surface area contributed by atoms with Crippen molar-refractivity contribution in [2.24, 2.45) is 0 Å². The normalized spacial score (nSPS) is 10.4. The second kappa shape index (κ2) is 11.8. The van der Waals surface area contributed by atoms with E-state index in [4.69, 9.17) is 9.47 Å². The first-order valence-corrected chi connectivity index (χ1v) is 12.3. The molecule has 0 atom stereocenters. The predicted octanol–water partition coefficient (Wildman–Crippen LogP) is 6.77. The molecule has 0 saturated carbocycles. The molecule has 3 aromatic rings. The smallest absolute Gasteiger partial charge is 0.262 e. The van der Waals surface area contributed by atoms with Crippen LogP contribution in [0, 0.1) is 0 Å². The number of hydrogen-bond donors (Lipinski definition) is 2. The standard InChI is InChI=1S/C22H16Br4N2O4/c23-13-1-7-19(17(25)9-13)31-11-21(29)27-15-3-5-16(6-4-15)28-22(30)12-32-20-8-2-14(24)10-18(20)26/h1-10H,11-12H2,(H,27,29)(H,28,30). The zero-order valence-corrected chi connectivity index (χ0v) is 22.7. The summed E-state index contributed by atoms with van der Waals surface area (Å²) in [5.74, 6) is 0.535. The first kappa shape index (κ1) is 24.8. The quantitative estimate of drug-likeness (QED) is 0.274. The van der Waals surface area contributed by atoms with Crippen LogP contribution in [0.3, 0.4) is 0 Å². The van der Waals surface area contributed by atoms with E-state index in [0.29, 0.717) is 22.9 Å². The fourth-order valence-electron chi connectivity index (χ4n) is 2.50. The summed E-state index contributed by atoms with van der Waals surface area (Å²) in [5, 5.41) is 5.49. The molecule has 166 valence electrons. The second-order valence-corrected chi connectivity index (χ2v) is 9.94. The zero-order chi connectivity index (χ0) is 23.1. The van der Waals surface area contributed by atoms with Crippen LogP contribution < -0.4 is 20.1 Å². The van der Waals surface area contributed by atoms with Gasteiger partial charge in [0.25, 0.3) is 11.8 Å². The third kappa shape index (κ3) is 7.61. The predicted molar refractivity (Wildman–Crippen MR) is 138 cm³/mol. The fourth-order valence-corrected chi connectivity index (χ4v) is 4.83. The molecule has 0 aliphatic rings. The highest BCUT2D eigenvalue weighted by Crippen LogP contribution is 2.29. The molecule has 0 saturated heterocycles. The van der Waals surface area contributed by atoms with Gasteiger partial charge in [0.05, 0.1) is 8.95 Å². The van der Waals surface area contributed by atoms with Crippen LogP contribution in [0.25, 0.3) is 0 Å². The van der Waals surface area contributed by atoms with Crippen LogP contribution in [0.15, 0.2) is 78.6 Å². The minimum absolute atomic E-state index is 0.137. The number of rotatable bonds is 8. The lowest BCUT2D eigenvalue weighted by Gasteiger charge is -2.11. The Morgan fingerprint density at radius 3 is 1.34 bits per heavy atom. The van der Waals surface area contributed by atoms with Crippen molar-refractivity contribution in [3.63, 3.8) is 0 Å². The summed E-state index contributed by atoms with van der Waals surface area (Å²) in [6, 6.07) is 17.6. The summed E-state index contributed by atoms with van der Waals surface area (Å²) in [6.45, 7) is -0.274. The van der Waals surface area contributed by atoms with E-state index in [1.54, 1.807) is 36.4 Å². The number of amides is 2. The average molecular weight is 692 g/mol. The Labute approximate surface area is 218 Å². The van der Waals surface area contributed by atoms with Crippen LogP contribution >= 0.6 is 63.7 Å². The van der Waals surface area contributed by atoms with Gasteiger partial charge in [-0.1, -0.05) is 31.9 Å². The number of carbonyl (C=O) groups excluding carboxylic acids is 2. The molecule has 0 spiro atoms. The number of carbonyl (C=O) groups is 2. The minimum Gasteiger partial charge on any atom is -0.483 e. The summed E-state index contributed by atoms with van der Waals surface area (Å²) in [5.41, 5.74) is 1.17. The van der Waals surface area contributed by atoms with Gasteiger partial charge in [0.15, 0.2) is 13.2 Å². The molecule has 0 aliphatic heterocycles. The van der Waals surface area contributed by atoms with E-state index in [-0.39, 0.29) is 25.0 Å². The highest BCUT2D eigenvalue weighted by Gasteiger charge is 2.09. The number of nitrogens with one attached hydrogen (secondary N) is 2. The third-order valence-electron chi connectivity index (χ3n) is 3.96. The maximum absolute atomic E-state index is 12.1. The molecule has 0 aliphatic carbocycles. The number of anilines is 2. The molecule has 0 radical (unpaired) electrons. The Balaban J connectivity index is 1.45. The molecule has 2 N–H and O–H groups in total. The van der Waals surface area contributed by atoms with E-state index in [0.717, 1.165) is 17.9 Å². The van der Waals surface area contributed by atoms with Gasteiger partial charge >= 0.3 is 0 Å². The monoisotopic (exact) mass is 688 g/mol. The maximum atomic E-state index is 12.1. The largest absolute Gasteiger partial charge is 0.483 e. The van der Waals surface area contributed by atoms with Gasteiger partial charge in [0.1, 0.15) is 11.5 Å². The highest BCUT2D eigenvalue weighted by molar-refractivity contribution is 9.11. The van der Waals surface area contributed by atoms with Gasteiger partial charge in [0, 0.05) is 20.3 Å². The number of benzene rings is 3. The van der Waals surface area contributed by atoms with E-state index in [2.05, 4.69) is 74.4 Å². The molecule has 0 bridgehead atoms. The lowest BCUT2D eigenvalue weighted by atomic mass is 10.2. The average Bonchev–Trinajstić information content (AvgIpc) is 2.74. The van der Waals surface area contributed by atoms with Crippen molar-refractivity contribution in [1.29, 1.82) is 0 Å². The van der Waals surface area contributed by atoms with Crippen LogP contribution in [-0.2, 0) is 9.59 Å². The van der Waals surface area contributed by atoms with Gasteiger partial charge in [0.2, 0.25) is 0 Å². The van der Waals surface area contributed by atoms with Crippen molar-refractivity contribution < 1.29 is 19.1 Å². The van der Waals surface area contributed by atoms with Gasteiger partial charge < -0.3 is 20.1 Å². The zero-order valence-electron chi connectivity index (χ0n) is 16.3. The molecule has 0 aromatic heterocycles. The molecule has 32 heavy (non-hydrogen) atoms. The van der Waals surface area contributed by atoms with E-state index >= 15 is 0 Å². The van der Waals surface area contributed by atoms with Crippen LogP contribution in [0.5, 0.6) is 11.5 Å². The number of ether oxygens (including phenoxy) is 2. The fraction of sp³-hybridized carbons (Fsp3) is 0.0909. The van der Waals surface area contributed by atoms with Crippen LogP contribution in [0.4, 0.5) is 11.4 Å². The van der Waals surface area contributed by atoms with E-state index in [1.807, 2.05) is 24.3 Å². The molecule has 3 rings (SSSR count). The molecular formula is C22H16Br4N2O4. The minimum atomic E-state index is -0.301. The van der Waals surface area contributed by atoms with E-state index in [1.165, 1.54) is 0 Å². The molecule has 0 heterocycles. The Hall–Kier alpha value is -1.88. The van der Waals surface area contributed by atoms with E-state index < -0.39 is 0 Å². The van der Waals surface area contributed by atoms with Gasteiger partial charge in [-0.25, -0.2) is 0 Å². The third-order valence-corrected chi connectivity index (χ3v) is 6.18. The molecule has 3 aromatic carbocycles. The van der Waals surface area contributed by atoms with Crippen molar-refractivity contribution in [2.45, 2.75) is 0 Å². The number of hydrogen-bond acceptors (Lipinski definition) is 4. The maximum Gasteiger partial charge on any atom is 0.262 e. The summed E-state index contributed by atoms with van der Waals surface area (Å²) in [6.07, 6.45) is 0. The molecule has 0 fully saturated rings. The van der Waals surface area contributed by atoms with Crippen molar-refractivity contribution in [3.05, 3.63) is 78.6 Å². The number of halogens is 4. The van der Waals surface area contributed by atoms with Crippen LogP contribution in [0.2, 0.25) is 0 Å². The summed E-state index contributed by atoms with van der Waals surface area (Å²) >= 11 is 13.5.